The lowest BCUT2D eigenvalue weighted by molar-refractivity contribution is -0.196. The van der Waals surface area contributed by atoms with E-state index in [9.17, 15) is 9.59 Å². The van der Waals surface area contributed by atoms with E-state index in [0.29, 0.717) is 6.61 Å². The molecule has 1 unspecified atom stereocenters. The summed E-state index contributed by atoms with van der Waals surface area (Å²) in [6, 6.07) is 0. The van der Waals surface area contributed by atoms with Gasteiger partial charge in [0.2, 0.25) is 0 Å². The van der Waals surface area contributed by atoms with Crippen molar-refractivity contribution in [1.29, 1.82) is 0 Å². The van der Waals surface area contributed by atoms with E-state index in [1.165, 1.54) is 0 Å². The molecule has 0 aliphatic heterocycles. The lowest BCUT2D eigenvalue weighted by atomic mass is 9.47. The highest BCUT2D eigenvalue weighted by Gasteiger charge is 2.63. The van der Waals surface area contributed by atoms with Gasteiger partial charge >= 0.3 is 11.9 Å². The number of carbonyl (C=O) groups is 2. The Kier molecular flexibility index (Phi) is 8.32. The second kappa shape index (κ2) is 8.70. The first-order chi connectivity index (χ1) is 11.6. The maximum absolute atomic E-state index is 13.2. The lowest BCUT2D eigenvalue weighted by Gasteiger charge is -2.56. The largest absolute Gasteiger partial charge is 0.463 e. The van der Waals surface area contributed by atoms with E-state index in [0.717, 1.165) is 0 Å². The number of methoxy groups -OCH3 is 1. The second-order valence-corrected chi connectivity index (χ2v) is 9.39. The summed E-state index contributed by atoms with van der Waals surface area (Å²) < 4.78 is 15.9. The van der Waals surface area contributed by atoms with Crippen molar-refractivity contribution < 1.29 is 23.8 Å². The van der Waals surface area contributed by atoms with Gasteiger partial charge in [0, 0.05) is 7.11 Å². The summed E-state index contributed by atoms with van der Waals surface area (Å²) >= 11 is 0. The topological polar surface area (TPSA) is 65.1 Å². The molecule has 0 N–H and O–H groups in total. The molecule has 0 aromatic rings. The van der Waals surface area contributed by atoms with Crippen molar-refractivity contribution in [2.24, 2.45) is 21.7 Å². The number of esters is 2. The molecule has 0 aromatic carbocycles. The highest BCUT2D eigenvalue weighted by molar-refractivity contribution is 5.83. The minimum Gasteiger partial charge on any atom is -0.463 e. The van der Waals surface area contributed by atoms with Crippen LogP contribution in [0.2, 0.25) is 0 Å². The number of hydrogen-bond donors (Lipinski definition) is 0. The third kappa shape index (κ3) is 4.77. The van der Waals surface area contributed by atoms with Gasteiger partial charge in [0.1, 0.15) is 13.3 Å². The van der Waals surface area contributed by atoms with Gasteiger partial charge in [-0.25, -0.2) is 0 Å². The van der Waals surface area contributed by atoms with Crippen molar-refractivity contribution in [3.63, 3.8) is 0 Å². The summed E-state index contributed by atoms with van der Waals surface area (Å²) in [4.78, 5) is 27.8. The zero-order valence-corrected chi connectivity index (χ0v) is 18.6. The molecule has 0 bridgehead atoms. The number of hydrogen-bond acceptors (Lipinski definition) is 6. The molecule has 0 rings (SSSR count). The van der Waals surface area contributed by atoms with Crippen LogP contribution in [0.3, 0.4) is 0 Å². The van der Waals surface area contributed by atoms with Crippen LogP contribution in [0.1, 0.15) is 55.4 Å². The summed E-state index contributed by atoms with van der Waals surface area (Å²) in [6.07, 6.45) is 0. The molecule has 0 aliphatic carbocycles. The first kappa shape index (κ1) is 24.9. The van der Waals surface area contributed by atoms with Crippen LogP contribution < -0.4 is 0 Å². The van der Waals surface area contributed by atoms with Crippen LogP contribution in [0, 0.1) is 21.7 Å². The Hall–Kier alpha value is -1.14. The van der Waals surface area contributed by atoms with Crippen molar-refractivity contribution in [3.05, 3.63) is 0 Å². The van der Waals surface area contributed by atoms with Gasteiger partial charge < -0.3 is 14.2 Å². The van der Waals surface area contributed by atoms with Gasteiger partial charge in [0.05, 0.1) is 17.4 Å². The van der Waals surface area contributed by atoms with E-state index in [1.54, 1.807) is 12.0 Å². The molecule has 1 atom stereocenters. The molecule has 0 heterocycles. The number of rotatable bonds is 9. The highest BCUT2D eigenvalue weighted by Crippen LogP contribution is 2.60. The second-order valence-electron chi connectivity index (χ2n) is 9.39. The SMILES string of the molecule is COCCOC(=O)C(C)(C)C(C)(C)C(C)(C(=O)OCN(C)C)C(C)(C)C. The monoisotopic (exact) mass is 373 g/mol. The van der Waals surface area contributed by atoms with Crippen LogP contribution >= 0.6 is 0 Å². The zero-order valence-electron chi connectivity index (χ0n) is 18.6. The zero-order chi connectivity index (χ0) is 21.0. The molecule has 26 heavy (non-hydrogen) atoms. The minimum atomic E-state index is -0.931. The summed E-state index contributed by atoms with van der Waals surface area (Å²) in [5.41, 5.74) is -3.03. The standard InChI is InChI=1S/C20H39NO5/c1-17(2,3)20(8,16(23)26-14-21(9)10)19(6,7)18(4,5)15(22)25-13-12-24-11/h12-14H2,1-11H3. The molecule has 0 spiro atoms. The van der Waals surface area contributed by atoms with E-state index in [1.807, 2.05) is 69.5 Å². The van der Waals surface area contributed by atoms with Gasteiger partial charge in [-0.2, -0.15) is 0 Å². The maximum atomic E-state index is 13.2. The molecule has 6 nitrogen and oxygen atoms in total. The molecule has 0 aromatic heterocycles. The molecule has 0 radical (unpaired) electrons. The van der Waals surface area contributed by atoms with Crippen molar-refractivity contribution in [2.75, 3.05) is 41.1 Å². The minimum absolute atomic E-state index is 0.187. The predicted octanol–water partition coefficient (Wildman–Crippen LogP) is 3.34. The van der Waals surface area contributed by atoms with Crippen LogP contribution in [-0.2, 0) is 23.8 Å². The third-order valence-corrected chi connectivity index (χ3v) is 6.21. The van der Waals surface area contributed by atoms with Crippen molar-refractivity contribution in [2.45, 2.75) is 55.4 Å². The Morgan fingerprint density at radius 3 is 1.69 bits per heavy atom. The summed E-state index contributed by atoms with van der Waals surface area (Å²) in [7, 11) is 5.23. The van der Waals surface area contributed by atoms with E-state index in [-0.39, 0.29) is 25.3 Å². The van der Waals surface area contributed by atoms with Gasteiger partial charge in [-0.3, -0.25) is 14.5 Å². The number of carbonyl (C=O) groups excluding carboxylic acids is 2. The molecule has 0 saturated heterocycles. The normalized spacial score (nSPS) is 15.5. The number of ether oxygens (including phenoxy) is 3. The summed E-state index contributed by atoms with van der Waals surface area (Å²) in [5, 5.41) is 0. The van der Waals surface area contributed by atoms with E-state index in [2.05, 4.69) is 0 Å². The van der Waals surface area contributed by atoms with Crippen LogP contribution in [0.15, 0.2) is 0 Å². The molecular formula is C20H39NO5. The smallest absolute Gasteiger partial charge is 0.314 e. The van der Waals surface area contributed by atoms with E-state index < -0.39 is 21.7 Å². The molecule has 0 aliphatic rings. The molecule has 0 amide bonds. The Bertz CT molecular complexity index is 491. The quantitative estimate of drug-likeness (QED) is 0.351. The molecular weight excluding hydrogens is 334 g/mol. The molecule has 0 saturated carbocycles. The fraction of sp³-hybridized carbons (Fsp3) is 0.900. The Labute approximate surface area is 159 Å². The number of nitrogens with zero attached hydrogens (tertiary/aromatic N) is 1. The van der Waals surface area contributed by atoms with Crippen molar-refractivity contribution in [3.8, 4) is 0 Å². The first-order valence-corrected chi connectivity index (χ1v) is 9.05. The maximum Gasteiger partial charge on any atom is 0.314 e. The van der Waals surface area contributed by atoms with Crippen LogP contribution in [-0.4, -0.2) is 58.0 Å². The van der Waals surface area contributed by atoms with E-state index >= 15 is 0 Å². The van der Waals surface area contributed by atoms with Crippen LogP contribution in [0.25, 0.3) is 0 Å². The summed E-state index contributed by atoms with van der Waals surface area (Å²) in [5.74, 6) is -0.670. The Morgan fingerprint density at radius 2 is 1.31 bits per heavy atom. The highest BCUT2D eigenvalue weighted by atomic mass is 16.6. The van der Waals surface area contributed by atoms with Crippen LogP contribution in [0.4, 0.5) is 0 Å². The third-order valence-electron chi connectivity index (χ3n) is 6.21. The first-order valence-electron chi connectivity index (χ1n) is 9.05. The summed E-state index contributed by atoms with van der Waals surface area (Å²) in [6.45, 7) is 16.1. The lowest BCUT2D eigenvalue weighted by Crippen LogP contribution is -2.59. The van der Waals surface area contributed by atoms with Gasteiger partial charge in [-0.15, -0.1) is 0 Å². The Balaban J connectivity index is 5.91. The predicted molar refractivity (Wildman–Crippen MR) is 103 cm³/mol. The molecule has 0 fully saturated rings. The van der Waals surface area contributed by atoms with Crippen molar-refractivity contribution in [1.82, 2.24) is 4.90 Å². The van der Waals surface area contributed by atoms with Gasteiger partial charge in [0.25, 0.3) is 0 Å². The fourth-order valence-corrected chi connectivity index (χ4v) is 3.11. The van der Waals surface area contributed by atoms with Crippen LogP contribution in [0.5, 0.6) is 0 Å². The molecule has 154 valence electrons. The van der Waals surface area contributed by atoms with Crippen molar-refractivity contribution >= 4 is 11.9 Å². The average molecular weight is 374 g/mol. The molecule has 6 heteroatoms. The van der Waals surface area contributed by atoms with Gasteiger partial charge in [-0.05, 0) is 45.7 Å². The average Bonchev–Trinajstić information content (AvgIpc) is 2.50. The van der Waals surface area contributed by atoms with E-state index in [4.69, 9.17) is 14.2 Å². The fourth-order valence-electron chi connectivity index (χ4n) is 3.11. The van der Waals surface area contributed by atoms with Gasteiger partial charge in [-0.1, -0.05) is 34.6 Å². The van der Waals surface area contributed by atoms with Gasteiger partial charge in [0.15, 0.2) is 0 Å². The Morgan fingerprint density at radius 1 is 0.808 bits per heavy atom.